The summed E-state index contributed by atoms with van der Waals surface area (Å²) >= 11 is 0. The first-order valence-corrected chi connectivity index (χ1v) is 8.73. The van der Waals surface area contributed by atoms with E-state index in [4.69, 9.17) is 5.26 Å². The highest BCUT2D eigenvalue weighted by molar-refractivity contribution is 5.94. The van der Waals surface area contributed by atoms with E-state index in [0.717, 1.165) is 25.0 Å². The van der Waals surface area contributed by atoms with Crippen molar-refractivity contribution in [2.75, 3.05) is 20.1 Å². The fourth-order valence-electron chi connectivity index (χ4n) is 3.97. The smallest absolute Gasteiger partial charge is 0.253 e. The molecule has 0 spiro atoms. The summed E-state index contributed by atoms with van der Waals surface area (Å²) < 4.78 is 13.5. The molecule has 1 atom stereocenters. The van der Waals surface area contributed by atoms with E-state index >= 15 is 0 Å². The van der Waals surface area contributed by atoms with Gasteiger partial charge in [0.25, 0.3) is 5.91 Å². The van der Waals surface area contributed by atoms with Gasteiger partial charge in [0, 0.05) is 44.1 Å². The Bertz CT molecular complexity index is 722. The summed E-state index contributed by atoms with van der Waals surface area (Å²) in [5, 5.41) is 8.91. The van der Waals surface area contributed by atoms with E-state index in [0.29, 0.717) is 25.6 Å². The van der Waals surface area contributed by atoms with Crippen LogP contribution in [0.4, 0.5) is 4.39 Å². The molecule has 2 aliphatic rings. The fourth-order valence-corrected chi connectivity index (χ4v) is 3.97. The second kappa shape index (κ2) is 7.22. The predicted molar refractivity (Wildman–Crippen MR) is 90.2 cm³/mol. The molecule has 1 aromatic rings. The van der Waals surface area contributed by atoms with Gasteiger partial charge in [0.1, 0.15) is 5.82 Å². The molecule has 1 aromatic carbocycles. The first-order chi connectivity index (χ1) is 12.0. The summed E-state index contributed by atoms with van der Waals surface area (Å²) in [7, 11) is 1.65. The Balaban J connectivity index is 1.63. The monoisotopic (exact) mass is 343 g/mol. The van der Waals surface area contributed by atoms with E-state index in [-0.39, 0.29) is 28.9 Å². The second-order valence-electron chi connectivity index (χ2n) is 7.08. The van der Waals surface area contributed by atoms with Crippen LogP contribution in [-0.2, 0) is 4.79 Å². The van der Waals surface area contributed by atoms with Crippen LogP contribution >= 0.6 is 0 Å². The number of likely N-dealkylation sites (tertiary alicyclic amines) is 1. The van der Waals surface area contributed by atoms with E-state index in [9.17, 15) is 14.0 Å². The van der Waals surface area contributed by atoms with Crippen LogP contribution in [0.5, 0.6) is 0 Å². The summed E-state index contributed by atoms with van der Waals surface area (Å²) in [6, 6.07) is 5.86. The highest BCUT2D eigenvalue weighted by atomic mass is 19.1. The van der Waals surface area contributed by atoms with E-state index in [2.05, 4.69) is 0 Å². The van der Waals surface area contributed by atoms with Gasteiger partial charge >= 0.3 is 0 Å². The number of benzene rings is 1. The summed E-state index contributed by atoms with van der Waals surface area (Å²) in [4.78, 5) is 28.3. The number of hydrogen-bond acceptors (Lipinski definition) is 3. The number of amides is 2. The Hall–Kier alpha value is -2.42. The highest BCUT2D eigenvalue weighted by Gasteiger charge is 2.36. The fraction of sp³-hybridized carbons (Fsp3) is 0.526. The van der Waals surface area contributed by atoms with Gasteiger partial charge in [-0.05, 0) is 31.0 Å². The molecule has 5 nitrogen and oxygen atoms in total. The molecule has 1 aliphatic carbocycles. The molecule has 2 amide bonds. The number of rotatable bonds is 4. The standard InChI is InChI=1S/C19H22FN3O2/c1-22(19(25)15-6-13(10-21)7-16(20)9-15)11-14-8-18(24)23(12-14)17-4-2-3-5-17/h6-7,9,14,17H,2-5,8,11-12H2,1H3. The lowest BCUT2D eigenvalue weighted by Crippen LogP contribution is -2.36. The Morgan fingerprint density at radius 2 is 2.08 bits per heavy atom. The summed E-state index contributed by atoms with van der Waals surface area (Å²) in [6.07, 6.45) is 4.97. The van der Waals surface area contributed by atoms with Gasteiger partial charge in [-0.25, -0.2) is 4.39 Å². The van der Waals surface area contributed by atoms with Gasteiger partial charge in [-0.15, -0.1) is 0 Å². The van der Waals surface area contributed by atoms with Gasteiger partial charge in [0.2, 0.25) is 5.91 Å². The quantitative estimate of drug-likeness (QED) is 0.844. The molecule has 1 unspecified atom stereocenters. The van der Waals surface area contributed by atoms with Crippen LogP contribution in [0.1, 0.15) is 48.0 Å². The maximum Gasteiger partial charge on any atom is 0.253 e. The van der Waals surface area contributed by atoms with Crippen molar-refractivity contribution < 1.29 is 14.0 Å². The van der Waals surface area contributed by atoms with Crippen molar-refractivity contribution >= 4 is 11.8 Å². The summed E-state index contributed by atoms with van der Waals surface area (Å²) in [6.45, 7) is 1.14. The van der Waals surface area contributed by atoms with Crippen molar-refractivity contribution in [2.45, 2.75) is 38.1 Å². The SMILES string of the molecule is CN(CC1CC(=O)N(C2CCCC2)C1)C(=O)c1cc(F)cc(C#N)c1. The maximum absolute atomic E-state index is 13.5. The minimum Gasteiger partial charge on any atom is -0.341 e. The van der Waals surface area contributed by atoms with Crippen LogP contribution in [0, 0.1) is 23.1 Å². The Morgan fingerprint density at radius 1 is 1.36 bits per heavy atom. The van der Waals surface area contributed by atoms with Crippen molar-refractivity contribution in [1.82, 2.24) is 9.80 Å². The van der Waals surface area contributed by atoms with Crippen LogP contribution in [0.3, 0.4) is 0 Å². The molecule has 1 heterocycles. The van der Waals surface area contributed by atoms with E-state index in [1.807, 2.05) is 11.0 Å². The van der Waals surface area contributed by atoms with Crippen LogP contribution < -0.4 is 0 Å². The molecule has 0 N–H and O–H groups in total. The molecule has 3 rings (SSSR count). The third kappa shape index (κ3) is 3.81. The molecule has 25 heavy (non-hydrogen) atoms. The van der Waals surface area contributed by atoms with Crippen LogP contribution in [0.15, 0.2) is 18.2 Å². The number of hydrogen-bond donors (Lipinski definition) is 0. The normalized spacial score (nSPS) is 20.8. The van der Waals surface area contributed by atoms with Crippen LogP contribution in [0.2, 0.25) is 0 Å². The Labute approximate surface area is 147 Å². The molecule has 1 saturated heterocycles. The third-order valence-corrected chi connectivity index (χ3v) is 5.16. The van der Waals surface area contributed by atoms with E-state index in [1.54, 1.807) is 7.05 Å². The molecular weight excluding hydrogens is 321 g/mol. The average Bonchev–Trinajstić information content (AvgIpc) is 3.22. The maximum atomic E-state index is 13.5. The van der Waals surface area contributed by atoms with Crippen LogP contribution in [-0.4, -0.2) is 47.8 Å². The number of carbonyl (C=O) groups excluding carboxylic acids is 2. The van der Waals surface area contributed by atoms with Crippen molar-refractivity contribution in [3.63, 3.8) is 0 Å². The van der Waals surface area contributed by atoms with E-state index in [1.165, 1.54) is 23.8 Å². The molecule has 2 fully saturated rings. The van der Waals surface area contributed by atoms with Crippen molar-refractivity contribution in [1.29, 1.82) is 5.26 Å². The number of halogens is 1. The zero-order chi connectivity index (χ0) is 18.0. The second-order valence-corrected chi connectivity index (χ2v) is 7.08. The molecule has 132 valence electrons. The van der Waals surface area contributed by atoms with E-state index < -0.39 is 5.82 Å². The highest BCUT2D eigenvalue weighted by Crippen LogP contribution is 2.29. The van der Waals surface area contributed by atoms with Gasteiger partial charge in [-0.2, -0.15) is 5.26 Å². The Kier molecular flexibility index (Phi) is 5.03. The molecular formula is C19H22FN3O2. The lowest BCUT2D eigenvalue weighted by molar-refractivity contribution is -0.129. The summed E-state index contributed by atoms with van der Waals surface area (Å²) in [5.74, 6) is -0.650. The minimum atomic E-state index is -0.598. The van der Waals surface area contributed by atoms with Crippen molar-refractivity contribution in [2.24, 2.45) is 5.92 Å². The molecule has 1 saturated carbocycles. The topological polar surface area (TPSA) is 64.4 Å². The van der Waals surface area contributed by atoms with Gasteiger partial charge in [-0.1, -0.05) is 12.8 Å². The summed E-state index contributed by atoms with van der Waals surface area (Å²) in [5.41, 5.74) is 0.288. The third-order valence-electron chi connectivity index (χ3n) is 5.16. The molecule has 0 bridgehead atoms. The zero-order valence-corrected chi connectivity index (χ0v) is 14.4. The van der Waals surface area contributed by atoms with Gasteiger partial charge < -0.3 is 9.80 Å². The van der Waals surface area contributed by atoms with Gasteiger partial charge in [0.05, 0.1) is 11.6 Å². The lowest BCUT2D eigenvalue weighted by Gasteiger charge is -2.25. The number of nitriles is 1. The van der Waals surface area contributed by atoms with Gasteiger partial charge in [-0.3, -0.25) is 9.59 Å². The molecule has 6 heteroatoms. The zero-order valence-electron chi connectivity index (χ0n) is 14.4. The molecule has 0 aromatic heterocycles. The average molecular weight is 343 g/mol. The Morgan fingerprint density at radius 3 is 2.76 bits per heavy atom. The minimum absolute atomic E-state index is 0.103. The first-order valence-electron chi connectivity index (χ1n) is 8.73. The molecule has 0 radical (unpaired) electrons. The number of nitrogens with zero attached hydrogens (tertiary/aromatic N) is 3. The largest absolute Gasteiger partial charge is 0.341 e. The lowest BCUT2D eigenvalue weighted by atomic mass is 10.1. The van der Waals surface area contributed by atoms with Gasteiger partial charge in [0.15, 0.2) is 0 Å². The van der Waals surface area contributed by atoms with Crippen molar-refractivity contribution in [3.05, 3.63) is 35.1 Å². The predicted octanol–water partition coefficient (Wildman–Crippen LogP) is 2.56. The number of carbonyl (C=O) groups is 2. The van der Waals surface area contributed by atoms with Crippen molar-refractivity contribution in [3.8, 4) is 6.07 Å². The van der Waals surface area contributed by atoms with Crippen LogP contribution in [0.25, 0.3) is 0 Å². The molecule has 1 aliphatic heterocycles. The first kappa shape index (κ1) is 17.4.